The molecule has 2 unspecified atom stereocenters. The normalized spacial score (nSPS) is 16.7. The Kier molecular flexibility index (Phi) is 4.20. The summed E-state index contributed by atoms with van der Waals surface area (Å²) in [6, 6.07) is 44.7. The molecule has 182 valence electrons. The molecule has 0 saturated carbocycles. The smallest absolute Gasteiger partial charge is 0.0541 e. The molecule has 7 aromatic rings. The van der Waals surface area contributed by atoms with Gasteiger partial charge in [0.05, 0.1) is 16.7 Å². The predicted octanol–water partition coefficient (Wildman–Crippen LogP) is 8.83. The molecule has 2 nitrogen and oxygen atoms in total. The number of rotatable bonds is 2. The van der Waals surface area contributed by atoms with E-state index in [2.05, 4.69) is 125 Å². The molecule has 0 fully saturated rings. The molecule has 5 aromatic carbocycles. The van der Waals surface area contributed by atoms with Crippen LogP contribution >= 0.6 is 0 Å². The van der Waals surface area contributed by atoms with Gasteiger partial charge in [0.2, 0.25) is 0 Å². The summed E-state index contributed by atoms with van der Waals surface area (Å²) in [4.78, 5) is 4.46. The van der Waals surface area contributed by atoms with Crippen molar-refractivity contribution in [3.8, 4) is 16.8 Å². The topological polar surface area (TPSA) is 17.8 Å². The lowest BCUT2D eigenvalue weighted by Crippen LogP contribution is -2.29. The van der Waals surface area contributed by atoms with E-state index in [1.807, 2.05) is 18.5 Å². The van der Waals surface area contributed by atoms with Crippen LogP contribution in [0.15, 0.2) is 134 Å². The largest absolute Gasteiger partial charge is 0.309 e. The van der Waals surface area contributed by atoms with E-state index in [1.165, 1.54) is 72.0 Å². The van der Waals surface area contributed by atoms with E-state index >= 15 is 0 Å². The lowest BCUT2D eigenvalue weighted by Gasteiger charge is -2.44. The number of pyridine rings is 1. The summed E-state index contributed by atoms with van der Waals surface area (Å²) < 4.78 is 2.50. The van der Waals surface area contributed by atoms with Crippen LogP contribution in [-0.2, 0) is 0 Å². The molecule has 0 N–H and O–H groups in total. The van der Waals surface area contributed by atoms with Crippen LogP contribution in [0.5, 0.6) is 0 Å². The van der Waals surface area contributed by atoms with Gasteiger partial charge in [0.1, 0.15) is 0 Å². The minimum absolute atomic E-state index is 0.170. The lowest BCUT2D eigenvalue weighted by atomic mass is 9.59. The highest BCUT2D eigenvalue weighted by Gasteiger charge is 2.43. The molecular formula is C37H24N2. The SMILES string of the molecule is c1cncc(-c2cccc3c2C2c4ccccc4C3c3c2cccc3-n2c3ccccc3c3ccccc32)c1. The van der Waals surface area contributed by atoms with Gasteiger partial charge in [0.15, 0.2) is 0 Å². The first-order valence-corrected chi connectivity index (χ1v) is 13.6. The average molecular weight is 497 g/mol. The fraction of sp³-hybridized carbons (Fsp3) is 0.0541. The summed E-state index contributed by atoms with van der Waals surface area (Å²) in [5.41, 5.74) is 14.8. The van der Waals surface area contributed by atoms with Crippen molar-refractivity contribution in [3.05, 3.63) is 167 Å². The van der Waals surface area contributed by atoms with Crippen molar-refractivity contribution < 1.29 is 0 Å². The predicted molar refractivity (Wildman–Crippen MR) is 159 cm³/mol. The number of aromatic nitrogens is 2. The summed E-state index contributed by atoms with van der Waals surface area (Å²) in [7, 11) is 0. The Morgan fingerprint density at radius 1 is 0.487 bits per heavy atom. The lowest BCUT2D eigenvalue weighted by molar-refractivity contribution is 0.750. The monoisotopic (exact) mass is 496 g/mol. The van der Waals surface area contributed by atoms with E-state index in [0.29, 0.717) is 0 Å². The first kappa shape index (κ1) is 21.0. The molecule has 0 amide bonds. The second-order valence-electron chi connectivity index (χ2n) is 10.7. The van der Waals surface area contributed by atoms with Crippen LogP contribution in [0.2, 0.25) is 0 Å². The first-order valence-electron chi connectivity index (χ1n) is 13.6. The fourth-order valence-corrected chi connectivity index (χ4v) is 7.44. The van der Waals surface area contributed by atoms with Crippen LogP contribution < -0.4 is 0 Å². The quantitative estimate of drug-likeness (QED) is 0.234. The number of hydrogen-bond acceptors (Lipinski definition) is 1. The second-order valence-corrected chi connectivity index (χ2v) is 10.7. The van der Waals surface area contributed by atoms with Crippen molar-refractivity contribution in [2.75, 3.05) is 0 Å². The third-order valence-corrected chi connectivity index (χ3v) is 8.87. The summed E-state index contributed by atoms with van der Waals surface area (Å²) in [6.45, 7) is 0. The molecule has 2 heterocycles. The molecule has 0 aliphatic heterocycles. The minimum Gasteiger partial charge on any atom is -0.309 e. The Balaban J connectivity index is 1.39. The van der Waals surface area contributed by atoms with Gasteiger partial charge >= 0.3 is 0 Å². The van der Waals surface area contributed by atoms with Gasteiger partial charge < -0.3 is 4.57 Å². The molecule has 0 radical (unpaired) electrons. The van der Waals surface area contributed by atoms with E-state index < -0.39 is 0 Å². The van der Waals surface area contributed by atoms with E-state index in [4.69, 9.17) is 0 Å². The number of nitrogens with zero attached hydrogens (tertiary/aromatic N) is 2. The summed E-state index contributed by atoms with van der Waals surface area (Å²) in [6.07, 6.45) is 3.85. The van der Waals surface area contributed by atoms with E-state index in [0.717, 1.165) is 0 Å². The zero-order valence-electron chi connectivity index (χ0n) is 21.3. The molecule has 2 aromatic heterocycles. The molecule has 2 bridgehead atoms. The molecule has 2 heteroatoms. The van der Waals surface area contributed by atoms with Crippen LogP contribution in [0, 0.1) is 0 Å². The van der Waals surface area contributed by atoms with Crippen LogP contribution in [-0.4, -0.2) is 9.55 Å². The second kappa shape index (κ2) is 7.78. The van der Waals surface area contributed by atoms with Gasteiger partial charge in [-0.15, -0.1) is 0 Å². The zero-order valence-corrected chi connectivity index (χ0v) is 21.3. The number of fused-ring (bicyclic) bond motifs is 3. The van der Waals surface area contributed by atoms with Crippen molar-refractivity contribution >= 4 is 21.8 Å². The maximum absolute atomic E-state index is 4.46. The van der Waals surface area contributed by atoms with Crippen LogP contribution in [0.4, 0.5) is 0 Å². The Labute approximate surface area is 226 Å². The van der Waals surface area contributed by atoms with Gasteiger partial charge in [-0.1, -0.05) is 97.1 Å². The van der Waals surface area contributed by atoms with Gasteiger partial charge in [-0.05, 0) is 63.2 Å². The third-order valence-electron chi connectivity index (χ3n) is 8.87. The standard InChI is InChI=1S/C37H24N2/c1-2-14-28-27(13-1)35-30-17-8-20-33(39-31-18-5-3-11-25(31)26-12-4-6-19-32(26)39)37(30)36(28)29-16-7-15-24(34(29)35)23-10-9-21-38-22-23/h1-22,35-36H. The molecule has 2 atom stereocenters. The molecule has 39 heavy (non-hydrogen) atoms. The molecule has 0 spiro atoms. The minimum atomic E-state index is 0.170. The van der Waals surface area contributed by atoms with Gasteiger partial charge in [0, 0.05) is 40.6 Å². The Morgan fingerprint density at radius 3 is 1.77 bits per heavy atom. The van der Waals surface area contributed by atoms with Crippen molar-refractivity contribution in [2.24, 2.45) is 0 Å². The molecule has 10 rings (SSSR count). The highest BCUT2D eigenvalue weighted by molar-refractivity contribution is 6.09. The fourth-order valence-electron chi connectivity index (χ4n) is 7.44. The van der Waals surface area contributed by atoms with Crippen molar-refractivity contribution in [1.82, 2.24) is 9.55 Å². The Bertz CT molecular complexity index is 2030. The Hall–Kier alpha value is -4.95. The van der Waals surface area contributed by atoms with Crippen molar-refractivity contribution in [1.29, 1.82) is 0 Å². The van der Waals surface area contributed by atoms with Gasteiger partial charge in [-0.3, -0.25) is 4.98 Å². The van der Waals surface area contributed by atoms with Crippen molar-refractivity contribution in [3.63, 3.8) is 0 Å². The van der Waals surface area contributed by atoms with Crippen molar-refractivity contribution in [2.45, 2.75) is 11.8 Å². The van der Waals surface area contributed by atoms with Crippen LogP contribution in [0.25, 0.3) is 38.6 Å². The van der Waals surface area contributed by atoms with E-state index in [9.17, 15) is 0 Å². The molecule has 0 saturated heterocycles. The summed E-state index contributed by atoms with van der Waals surface area (Å²) in [5.74, 6) is 0.351. The van der Waals surface area contributed by atoms with Crippen LogP contribution in [0.1, 0.15) is 45.2 Å². The van der Waals surface area contributed by atoms with Gasteiger partial charge in [0.25, 0.3) is 0 Å². The summed E-state index contributed by atoms with van der Waals surface area (Å²) >= 11 is 0. The molecule has 3 aliphatic carbocycles. The Morgan fingerprint density at radius 2 is 1.08 bits per heavy atom. The van der Waals surface area contributed by atoms with E-state index in [-0.39, 0.29) is 11.8 Å². The zero-order chi connectivity index (χ0) is 25.5. The maximum atomic E-state index is 4.46. The van der Waals surface area contributed by atoms with Gasteiger partial charge in [-0.2, -0.15) is 0 Å². The van der Waals surface area contributed by atoms with E-state index in [1.54, 1.807) is 0 Å². The number of benzene rings is 5. The molecule has 3 aliphatic rings. The maximum Gasteiger partial charge on any atom is 0.0541 e. The van der Waals surface area contributed by atoms with Gasteiger partial charge in [-0.25, -0.2) is 0 Å². The first-order chi connectivity index (χ1) is 19.4. The average Bonchev–Trinajstić information content (AvgIpc) is 3.35. The number of para-hydroxylation sites is 2. The third kappa shape index (κ3) is 2.73. The molecular weight excluding hydrogens is 472 g/mol. The number of hydrogen-bond donors (Lipinski definition) is 0. The highest BCUT2D eigenvalue weighted by Crippen LogP contribution is 2.59. The van der Waals surface area contributed by atoms with Crippen LogP contribution in [0.3, 0.4) is 0 Å². The highest BCUT2D eigenvalue weighted by atomic mass is 15.0. The summed E-state index contributed by atoms with van der Waals surface area (Å²) in [5, 5.41) is 2.60.